The first kappa shape index (κ1) is 15.7. The number of thioether (sulfide) groups is 1. The lowest BCUT2D eigenvalue weighted by atomic mass is 10.2. The minimum absolute atomic E-state index is 0.0731. The van der Waals surface area contributed by atoms with Crippen LogP contribution in [0.15, 0.2) is 34.8 Å². The fourth-order valence-electron chi connectivity index (χ4n) is 1.96. The molecular formula is C15H13FN4OS2. The maximum absolute atomic E-state index is 13.7. The number of thiophene rings is 1. The number of halogens is 1. The van der Waals surface area contributed by atoms with Gasteiger partial charge < -0.3 is 11.1 Å². The quantitative estimate of drug-likeness (QED) is 0.557. The highest BCUT2D eigenvalue weighted by molar-refractivity contribution is 7.99. The van der Waals surface area contributed by atoms with Crippen LogP contribution in [0.25, 0.3) is 10.2 Å². The number of carbonyl (C=O) groups excluding carboxylic acids is 1. The van der Waals surface area contributed by atoms with Crippen molar-refractivity contribution >= 4 is 50.7 Å². The zero-order valence-electron chi connectivity index (χ0n) is 12.2. The number of nitrogens with two attached hydrogens (primary N) is 1. The van der Waals surface area contributed by atoms with Gasteiger partial charge in [0.1, 0.15) is 16.5 Å². The van der Waals surface area contributed by atoms with Gasteiger partial charge in [0.05, 0.1) is 16.8 Å². The Kier molecular flexibility index (Phi) is 4.44. The molecule has 5 nitrogen and oxygen atoms in total. The van der Waals surface area contributed by atoms with E-state index in [1.165, 1.54) is 17.4 Å². The van der Waals surface area contributed by atoms with Crippen molar-refractivity contribution in [1.82, 2.24) is 9.97 Å². The van der Waals surface area contributed by atoms with E-state index >= 15 is 0 Å². The Balaban J connectivity index is 1.65. The molecule has 8 heteroatoms. The molecule has 3 N–H and O–H groups in total. The highest BCUT2D eigenvalue weighted by Crippen LogP contribution is 2.26. The van der Waals surface area contributed by atoms with Crippen molar-refractivity contribution in [3.63, 3.8) is 0 Å². The molecule has 3 rings (SSSR count). The monoisotopic (exact) mass is 348 g/mol. The minimum atomic E-state index is -0.455. The van der Waals surface area contributed by atoms with Crippen molar-refractivity contribution in [3.8, 4) is 0 Å². The van der Waals surface area contributed by atoms with Crippen LogP contribution in [-0.4, -0.2) is 21.6 Å². The standard InChI is InChI=1S/C15H13FN4OS2/c1-8-2-3-11(10(16)6-8)18-12(21)7-23-15-19-13(17)9-4-5-22-14(9)20-15/h2-6H,7H2,1H3,(H,18,21)(H2,17,19,20). The molecule has 0 aliphatic rings. The number of nitrogen functional groups attached to an aromatic ring is 1. The molecule has 0 aliphatic carbocycles. The Morgan fingerprint density at radius 3 is 3.00 bits per heavy atom. The first-order chi connectivity index (χ1) is 11.0. The van der Waals surface area contributed by atoms with E-state index < -0.39 is 5.82 Å². The molecule has 0 aliphatic heterocycles. The third-order valence-electron chi connectivity index (χ3n) is 3.07. The number of aryl methyl sites for hydroxylation is 1. The number of benzene rings is 1. The van der Waals surface area contributed by atoms with E-state index in [9.17, 15) is 9.18 Å². The normalized spacial score (nSPS) is 10.9. The maximum Gasteiger partial charge on any atom is 0.234 e. The zero-order chi connectivity index (χ0) is 16.4. The number of carbonyl (C=O) groups is 1. The Morgan fingerprint density at radius 2 is 2.22 bits per heavy atom. The summed E-state index contributed by atoms with van der Waals surface area (Å²) in [6.45, 7) is 1.78. The highest BCUT2D eigenvalue weighted by atomic mass is 32.2. The molecule has 0 saturated heterocycles. The number of rotatable bonds is 4. The van der Waals surface area contributed by atoms with E-state index in [1.807, 2.05) is 11.4 Å². The van der Waals surface area contributed by atoms with Crippen LogP contribution in [0.2, 0.25) is 0 Å². The van der Waals surface area contributed by atoms with Crippen molar-refractivity contribution in [2.24, 2.45) is 0 Å². The van der Waals surface area contributed by atoms with Gasteiger partial charge in [-0.25, -0.2) is 14.4 Å². The molecule has 0 fully saturated rings. The van der Waals surface area contributed by atoms with Gasteiger partial charge in [-0.05, 0) is 36.1 Å². The van der Waals surface area contributed by atoms with Gasteiger partial charge in [0.2, 0.25) is 5.91 Å². The topological polar surface area (TPSA) is 80.9 Å². The predicted octanol–water partition coefficient (Wildman–Crippen LogP) is 3.45. The van der Waals surface area contributed by atoms with Crippen LogP contribution in [-0.2, 0) is 4.79 Å². The van der Waals surface area contributed by atoms with E-state index in [-0.39, 0.29) is 17.3 Å². The van der Waals surface area contributed by atoms with E-state index in [0.717, 1.165) is 27.5 Å². The Labute approximate surface area is 140 Å². The number of fused-ring (bicyclic) bond motifs is 1. The van der Waals surface area contributed by atoms with Crippen LogP contribution in [0.3, 0.4) is 0 Å². The predicted molar refractivity (Wildman–Crippen MR) is 92.3 cm³/mol. The van der Waals surface area contributed by atoms with Gasteiger partial charge in [-0.3, -0.25) is 4.79 Å². The molecule has 0 unspecified atom stereocenters. The third kappa shape index (κ3) is 3.59. The lowest BCUT2D eigenvalue weighted by Gasteiger charge is -2.07. The van der Waals surface area contributed by atoms with Crippen LogP contribution in [0.5, 0.6) is 0 Å². The van der Waals surface area contributed by atoms with Gasteiger partial charge in [0.25, 0.3) is 0 Å². The summed E-state index contributed by atoms with van der Waals surface area (Å²) in [6, 6.07) is 6.51. The summed E-state index contributed by atoms with van der Waals surface area (Å²) in [7, 11) is 0. The van der Waals surface area contributed by atoms with Crippen molar-refractivity contribution in [3.05, 3.63) is 41.0 Å². The SMILES string of the molecule is Cc1ccc(NC(=O)CSc2nc(N)c3ccsc3n2)c(F)c1. The average molecular weight is 348 g/mol. The Morgan fingerprint density at radius 1 is 1.39 bits per heavy atom. The molecule has 118 valence electrons. The number of hydrogen-bond donors (Lipinski definition) is 2. The zero-order valence-corrected chi connectivity index (χ0v) is 13.8. The first-order valence-electron chi connectivity index (χ1n) is 6.72. The molecule has 2 aromatic heterocycles. The van der Waals surface area contributed by atoms with Crippen LogP contribution < -0.4 is 11.1 Å². The van der Waals surface area contributed by atoms with Crippen molar-refractivity contribution in [2.45, 2.75) is 12.1 Å². The van der Waals surface area contributed by atoms with Gasteiger partial charge >= 0.3 is 0 Å². The summed E-state index contributed by atoms with van der Waals surface area (Å²) >= 11 is 2.62. The van der Waals surface area contributed by atoms with Gasteiger partial charge in [-0.1, -0.05) is 17.8 Å². The van der Waals surface area contributed by atoms with Crippen molar-refractivity contribution in [2.75, 3.05) is 16.8 Å². The van der Waals surface area contributed by atoms with Crippen molar-refractivity contribution in [1.29, 1.82) is 0 Å². The largest absolute Gasteiger partial charge is 0.383 e. The van der Waals surface area contributed by atoms with Gasteiger partial charge in [-0.2, -0.15) is 0 Å². The molecule has 2 heterocycles. The highest BCUT2D eigenvalue weighted by Gasteiger charge is 2.11. The summed E-state index contributed by atoms with van der Waals surface area (Å²) in [6.07, 6.45) is 0. The second kappa shape index (κ2) is 6.51. The molecule has 23 heavy (non-hydrogen) atoms. The van der Waals surface area contributed by atoms with Crippen LogP contribution in [0, 0.1) is 12.7 Å². The summed E-state index contributed by atoms with van der Waals surface area (Å²) < 4.78 is 13.7. The third-order valence-corrected chi connectivity index (χ3v) is 4.72. The van der Waals surface area contributed by atoms with Gasteiger partial charge in [0, 0.05) is 0 Å². The molecule has 0 radical (unpaired) electrons. The second-order valence-electron chi connectivity index (χ2n) is 4.85. The fraction of sp³-hybridized carbons (Fsp3) is 0.133. The maximum atomic E-state index is 13.7. The van der Waals surface area contributed by atoms with Gasteiger partial charge in [0.15, 0.2) is 5.16 Å². The van der Waals surface area contributed by atoms with Crippen LogP contribution in [0.4, 0.5) is 15.9 Å². The molecule has 1 aromatic carbocycles. The van der Waals surface area contributed by atoms with E-state index in [1.54, 1.807) is 19.1 Å². The fourth-order valence-corrected chi connectivity index (χ4v) is 3.44. The lowest BCUT2D eigenvalue weighted by molar-refractivity contribution is -0.113. The van der Waals surface area contributed by atoms with E-state index in [0.29, 0.717) is 11.0 Å². The summed E-state index contributed by atoms with van der Waals surface area (Å²) in [5.41, 5.74) is 6.81. The summed E-state index contributed by atoms with van der Waals surface area (Å²) in [4.78, 5) is 21.2. The first-order valence-corrected chi connectivity index (χ1v) is 8.59. The molecule has 0 saturated carbocycles. The molecule has 1 amide bonds. The van der Waals surface area contributed by atoms with Crippen molar-refractivity contribution < 1.29 is 9.18 Å². The number of amides is 1. The van der Waals surface area contributed by atoms with Crippen LogP contribution >= 0.6 is 23.1 Å². The lowest BCUT2D eigenvalue weighted by Crippen LogP contribution is -2.15. The molecular weight excluding hydrogens is 335 g/mol. The van der Waals surface area contributed by atoms with Crippen LogP contribution in [0.1, 0.15) is 5.56 Å². The van der Waals surface area contributed by atoms with E-state index in [4.69, 9.17) is 5.73 Å². The molecule has 0 spiro atoms. The van der Waals surface area contributed by atoms with Gasteiger partial charge in [-0.15, -0.1) is 11.3 Å². The molecule has 0 atom stereocenters. The second-order valence-corrected chi connectivity index (χ2v) is 6.69. The summed E-state index contributed by atoms with van der Waals surface area (Å²) in [5.74, 6) is -0.317. The molecule has 0 bridgehead atoms. The Hall–Kier alpha value is -2.19. The average Bonchev–Trinajstić information content (AvgIpc) is 2.97. The summed E-state index contributed by atoms with van der Waals surface area (Å²) in [5, 5.41) is 5.66. The molecule has 3 aromatic rings. The smallest absolute Gasteiger partial charge is 0.234 e. The number of aromatic nitrogens is 2. The number of hydrogen-bond acceptors (Lipinski definition) is 6. The van der Waals surface area contributed by atoms with E-state index in [2.05, 4.69) is 15.3 Å². The number of nitrogens with one attached hydrogen (secondary N) is 1. The Bertz CT molecular complexity index is 881. The number of nitrogens with zero attached hydrogens (tertiary/aromatic N) is 2. The number of anilines is 2. The minimum Gasteiger partial charge on any atom is -0.383 e.